The quantitative estimate of drug-likeness (QED) is 0.766. The van der Waals surface area contributed by atoms with Gasteiger partial charge in [-0.05, 0) is 24.6 Å². The number of nitriles is 1. The lowest BCUT2D eigenvalue weighted by Crippen LogP contribution is -2.35. The number of nitrogens with zero attached hydrogens (tertiary/aromatic N) is 1. The van der Waals surface area contributed by atoms with Gasteiger partial charge in [0.15, 0.2) is 0 Å². The van der Waals surface area contributed by atoms with Gasteiger partial charge in [0.25, 0.3) is 0 Å². The first kappa shape index (κ1) is 16.0. The second-order valence-corrected chi connectivity index (χ2v) is 5.00. The maximum Gasteiger partial charge on any atom is 0.319 e. The number of amides is 2. The van der Waals surface area contributed by atoms with Gasteiger partial charge in [-0.3, -0.25) is 4.79 Å². The predicted molar refractivity (Wildman–Crippen MR) is 77.3 cm³/mol. The number of carbonyl (C=O) groups is 2. The fourth-order valence-electron chi connectivity index (χ4n) is 1.51. The summed E-state index contributed by atoms with van der Waals surface area (Å²) in [5, 5.41) is 22.8. The highest BCUT2D eigenvalue weighted by molar-refractivity contribution is 9.10. The first-order chi connectivity index (χ1) is 9.47. The van der Waals surface area contributed by atoms with Crippen LogP contribution in [0.1, 0.15) is 18.9 Å². The van der Waals surface area contributed by atoms with Crippen molar-refractivity contribution in [1.29, 1.82) is 5.26 Å². The van der Waals surface area contributed by atoms with Gasteiger partial charge in [0.05, 0.1) is 17.2 Å². The maximum absolute atomic E-state index is 11.7. The number of carboxylic acids is 1. The summed E-state index contributed by atoms with van der Waals surface area (Å²) in [5.41, 5.74) is 0.691. The molecule has 0 heterocycles. The van der Waals surface area contributed by atoms with Crippen molar-refractivity contribution < 1.29 is 14.7 Å². The highest BCUT2D eigenvalue weighted by atomic mass is 79.9. The maximum atomic E-state index is 11.7. The normalized spacial score (nSPS) is 11.2. The van der Waals surface area contributed by atoms with Gasteiger partial charge < -0.3 is 15.7 Å². The van der Waals surface area contributed by atoms with Gasteiger partial charge in [0.2, 0.25) is 0 Å². The zero-order valence-electron chi connectivity index (χ0n) is 10.8. The molecule has 1 rings (SSSR count). The zero-order valence-corrected chi connectivity index (χ0v) is 12.4. The number of urea groups is 1. The SMILES string of the molecule is CCC(CNC(=O)Nc1ccc(Br)cc1C#N)C(=O)O. The van der Waals surface area contributed by atoms with E-state index in [4.69, 9.17) is 10.4 Å². The second-order valence-electron chi connectivity index (χ2n) is 4.08. The molecule has 0 aliphatic rings. The molecule has 0 bridgehead atoms. The van der Waals surface area contributed by atoms with E-state index in [2.05, 4.69) is 26.6 Å². The van der Waals surface area contributed by atoms with E-state index in [9.17, 15) is 9.59 Å². The van der Waals surface area contributed by atoms with Crippen LogP contribution in [0, 0.1) is 17.2 Å². The van der Waals surface area contributed by atoms with E-state index in [0.717, 1.165) is 4.47 Å². The smallest absolute Gasteiger partial charge is 0.319 e. The number of hydrogen-bond acceptors (Lipinski definition) is 3. The van der Waals surface area contributed by atoms with Gasteiger partial charge in [0, 0.05) is 11.0 Å². The lowest BCUT2D eigenvalue weighted by Gasteiger charge is -2.12. The lowest BCUT2D eigenvalue weighted by atomic mass is 10.1. The Morgan fingerprint density at radius 2 is 2.20 bits per heavy atom. The van der Waals surface area contributed by atoms with Crippen LogP contribution in [0.4, 0.5) is 10.5 Å². The minimum atomic E-state index is -0.950. The number of nitrogens with one attached hydrogen (secondary N) is 2. The van der Waals surface area contributed by atoms with Crippen LogP contribution in [0.3, 0.4) is 0 Å². The first-order valence-corrected chi connectivity index (χ1v) is 6.74. The van der Waals surface area contributed by atoms with Crippen LogP contribution in [-0.4, -0.2) is 23.7 Å². The lowest BCUT2D eigenvalue weighted by molar-refractivity contribution is -0.141. The molecule has 0 spiro atoms. The Bertz CT molecular complexity index is 554. The molecule has 0 aliphatic heterocycles. The summed E-state index contributed by atoms with van der Waals surface area (Å²) in [4.78, 5) is 22.5. The molecule has 0 radical (unpaired) electrons. The monoisotopic (exact) mass is 339 g/mol. The van der Waals surface area contributed by atoms with Crippen LogP contribution in [-0.2, 0) is 4.79 Å². The number of benzene rings is 1. The van der Waals surface area contributed by atoms with Crippen LogP contribution in [0.15, 0.2) is 22.7 Å². The minimum absolute atomic E-state index is 0.0378. The summed E-state index contributed by atoms with van der Waals surface area (Å²) in [6, 6.07) is 6.31. The Kier molecular flexibility index (Phi) is 6.00. The molecular weight excluding hydrogens is 326 g/mol. The van der Waals surface area contributed by atoms with E-state index in [-0.39, 0.29) is 6.54 Å². The molecule has 0 saturated heterocycles. The number of carbonyl (C=O) groups excluding carboxylic acids is 1. The molecule has 6 nitrogen and oxygen atoms in total. The summed E-state index contributed by atoms with van der Waals surface area (Å²) in [5.74, 6) is -1.57. The molecule has 0 aromatic heterocycles. The molecule has 106 valence electrons. The van der Waals surface area contributed by atoms with Crippen LogP contribution < -0.4 is 10.6 Å². The minimum Gasteiger partial charge on any atom is -0.481 e. The van der Waals surface area contributed by atoms with E-state index in [1.54, 1.807) is 25.1 Å². The van der Waals surface area contributed by atoms with Crippen molar-refractivity contribution in [2.75, 3.05) is 11.9 Å². The van der Waals surface area contributed by atoms with E-state index in [1.807, 2.05) is 6.07 Å². The Morgan fingerprint density at radius 3 is 2.75 bits per heavy atom. The fourth-order valence-corrected chi connectivity index (χ4v) is 1.87. The standard InChI is InChI=1S/C13H14BrN3O3/c1-2-8(12(18)19)7-16-13(20)17-11-4-3-10(14)5-9(11)6-15/h3-5,8H,2,7H2,1H3,(H,18,19)(H2,16,17,20). The van der Waals surface area contributed by atoms with Crippen molar-refractivity contribution in [3.63, 3.8) is 0 Å². The Labute approximate surface area is 124 Å². The van der Waals surface area contributed by atoms with Crippen LogP contribution in [0.2, 0.25) is 0 Å². The van der Waals surface area contributed by atoms with Gasteiger partial charge in [-0.1, -0.05) is 22.9 Å². The van der Waals surface area contributed by atoms with E-state index in [0.29, 0.717) is 17.7 Å². The third-order valence-corrected chi connectivity index (χ3v) is 3.19. The van der Waals surface area contributed by atoms with E-state index in [1.165, 1.54) is 0 Å². The van der Waals surface area contributed by atoms with Gasteiger partial charge in [-0.2, -0.15) is 5.26 Å². The van der Waals surface area contributed by atoms with E-state index >= 15 is 0 Å². The van der Waals surface area contributed by atoms with Crippen molar-refractivity contribution in [2.45, 2.75) is 13.3 Å². The van der Waals surface area contributed by atoms with Crippen molar-refractivity contribution in [3.05, 3.63) is 28.2 Å². The summed E-state index contributed by atoms with van der Waals surface area (Å²) < 4.78 is 0.733. The van der Waals surface area contributed by atoms with Crippen LogP contribution in [0.25, 0.3) is 0 Å². The molecule has 0 fully saturated rings. The second kappa shape index (κ2) is 7.50. The number of hydrogen-bond donors (Lipinski definition) is 3. The largest absolute Gasteiger partial charge is 0.481 e. The number of carboxylic acid groups (broad SMARTS) is 1. The van der Waals surface area contributed by atoms with Gasteiger partial charge in [-0.15, -0.1) is 0 Å². The molecule has 20 heavy (non-hydrogen) atoms. The molecule has 1 atom stereocenters. The van der Waals surface area contributed by atoms with Crippen molar-refractivity contribution >= 4 is 33.6 Å². The Morgan fingerprint density at radius 1 is 1.50 bits per heavy atom. The molecular formula is C13H14BrN3O3. The van der Waals surface area contributed by atoms with Gasteiger partial charge in [0.1, 0.15) is 6.07 Å². The number of halogens is 1. The highest BCUT2D eigenvalue weighted by Crippen LogP contribution is 2.20. The molecule has 7 heteroatoms. The Balaban J connectivity index is 2.63. The average molecular weight is 340 g/mol. The summed E-state index contributed by atoms with van der Waals surface area (Å²) >= 11 is 3.23. The molecule has 0 saturated carbocycles. The number of aliphatic carboxylic acids is 1. The van der Waals surface area contributed by atoms with Gasteiger partial charge >= 0.3 is 12.0 Å². The van der Waals surface area contributed by atoms with Crippen LogP contribution in [0.5, 0.6) is 0 Å². The number of rotatable bonds is 5. The highest BCUT2D eigenvalue weighted by Gasteiger charge is 2.16. The average Bonchev–Trinajstić information content (AvgIpc) is 2.41. The van der Waals surface area contributed by atoms with Crippen molar-refractivity contribution in [2.24, 2.45) is 5.92 Å². The van der Waals surface area contributed by atoms with Crippen molar-refractivity contribution in [3.8, 4) is 6.07 Å². The molecule has 1 unspecified atom stereocenters. The summed E-state index contributed by atoms with van der Waals surface area (Å²) in [7, 11) is 0. The van der Waals surface area contributed by atoms with E-state index < -0.39 is 17.9 Å². The third kappa shape index (κ3) is 4.55. The molecule has 1 aromatic carbocycles. The number of anilines is 1. The molecule has 2 amide bonds. The predicted octanol–water partition coefficient (Wildman–Crippen LogP) is 2.55. The van der Waals surface area contributed by atoms with Crippen molar-refractivity contribution in [1.82, 2.24) is 5.32 Å². The third-order valence-electron chi connectivity index (χ3n) is 2.70. The molecule has 0 aliphatic carbocycles. The molecule has 1 aromatic rings. The van der Waals surface area contributed by atoms with Crippen LogP contribution >= 0.6 is 15.9 Å². The first-order valence-electron chi connectivity index (χ1n) is 5.95. The summed E-state index contributed by atoms with van der Waals surface area (Å²) in [6.07, 6.45) is 0.428. The Hall–Kier alpha value is -2.07. The fraction of sp³-hybridized carbons (Fsp3) is 0.308. The molecule has 3 N–H and O–H groups in total. The topological polar surface area (TPSA) is 102 Å². The zero-order chi connectivity index (χ0) is 15.1. The summed E-state index contributed by atoms with van der Waals surface area (Å²) in [6.45, 7) is 1.77. The van der Waals surface area contributed by atoms with Gasteiger partial charge in [-0.25, -0.2) is 4.79 Å².